The van der Waals surface area contributed by atoms with Crippen LogP contribution in [0, 0.1) is 0 Å². The third kappa shape index (κ3) is 7.02. The van der Waals surface area contributed by atoms with Crippen LogP contribution in [0.1, 0.15) is 55.6 Å². The molecule has 1 saturated carbocycles. The highest BCUT2D eigenvalue weighted by Gasteiger charge is 2.20. The summed E-state index contributed by atoms with van der Waals surface area (Å²) in [5.74, 6) is 0.781. The zero-order valence-corrected chi connectivity index (χ0v) is 17.8. The van der Waals surface area contributed by atoms with E-state index in [1.807, 2.05) is 24.3 Å². The third-order valence-corrected chi connectivity index (χ3v) is 5.52. The minimum atomic E-state index is -0.249. The summed E-state index contributed by atoms with van der Waals surface area (Å²) < 4.78 is 5.79. The highest BCUT2D eigenvalue weighted by atomic mass is 35.5. The lowest BCUT2D eigenvalue weighted by Gasteiger charge is -2.24. The van der Waals surface area contributed by atoms with Crippen molar-refractivity contribution in [3.8, 4) is 5.75 Å². The molecule has 1 aromatic carbocycles. The number of carbonyl (C=O) groups is 2. The largest absolute Gasteiger partial charge is 0.483 e. The second-order valence-electron chi connectivity index (χ2n) is 7.54. The maximum absolute atomic E-state index is 12.1. The van der Waals surface area contributed by atoms with Crippen molar-refractivity contribution in [1.29, 1.82) is 0 Å². The van der Waals surface area contributed by atoms with Crippen LogP contribution in [0.25, 0.3) is 0 Å². The topological polar surface area (TPSA) is 80.3 Å². The van der Waals surface area contributed by atoms with Gasteiger partial charge in [0.15, 0.2) is 6.61 Å². The Morgan fingerprint density at radius 2 is 1.80 bits per heavy atom. The van der Waals surface area contributed by atoms with E-state index < -0.39 is 0 Å². The fourth-order valence-corrected chi connectivity index (χ4v) is 3.86. The van der Waals surface area contributed by atoms with Gasteiger partial charge in [-0.1, -0.05) is 30.9 Å². The molecule has 0 bridgehead atoms. The average Bonchev–Trinajstić information content (AvgIpc) is 2.78. The Morgan fingerprint density at radius 1 is 1.03 bits per heavy atom. The van der Waals surface area contributed by atoms with Crippen LogP contribution >= 0.6 is 11.6 Å². The van der Waals surface area contributed by atoms with Gasteiger partial charge in [0, 0.05) is 36.9 Å². The van der Waals surface area contributed by atoms with Gasteiger partial charge in [0.1, 0.15) is 5.75 Å². The molecule has 2 amide bonds. The van der Waals surface area contributed by atoms with E-state index in [4.69, 9.17) is 16.3 Å². The van der Waals surface area contributed by atoms with Crippen molar-refractivity contribution >= 4 is 23.4 Å². The second kappa shape index (κ2) is 11.6. The van der Waals surface area contributed by atoms with E-state index in [2.05, 4.69) is 15.6 Å². The van der Waals surface area contributed by atoms with Crippen LogP contribution in [0.3, 0.4) is 0 Å². The van der Waals surface area contributed by atoms with Crippen LogP contribution in [-0.4, -0.2) is 29.9 Å². The van der Waals surface area contributed by atoms with Gasteiger partial charge in [-0.25, -0.2) is 0 Å². The quantitative estimate of drug-likeness (QED) is 0.631. The van der Waals surface area contributed by atoms with Crippen molar-refractivity contribution in [3.05, 3.63) is 58.9 Å². The van der Waals surface area contributed by atoms with Gasteiger partial charge in [0.05, 0.1) is 0 Å². The van der Waals surface area contributed by atoms with Crippen molar-refractivity contribution in [2.24, 2.45) is 0 Å². The standard InChI is InChI=1S/C23H28ClN3O3/c24-19-6-7-21(20(14-19)18-4-2-1-3-5-18)30-16-23(29)26-13-10-22(28)27-15-17-8-11-25-12-9-17/h6-9,11-12,14,18H,1-5,10,13,15-16H2,(H,26,29)(H,27,28). The molecular formula is C23H28ClN3O3. The summed E-state index contributed by atoms with van der Waals surface area (Å²) in [6, 6.07) is 9.27. The van der Waals surface area contributed by atoms with Gasteiger partial charge in [-0.2, -0.15) is 0 Å². The summed E-state index contributed by atoms with van der Waals surface area (Å²) in [6.45, 7) is 0.624. The Kier molecular flexibility index (Phi) is 8.51. The zero-order chi connectivity index (χ0) is 21.2. The molecule has 6 nitrogen and oxygen atoms in total. The Balaban J connectivity index is 1.40. The second-order valence-corrected chi connectivity index (χ2v) is 7.97. The number of benzene rings is 1. The fraction of sp³-hybridized carbons (Fsp3) is 0.435. The van der Waals surface area contributed by atoms with Crippen LogP contribution < -0.4 is 15.4 Å². The number of nitrogens with zero attached hydrogens (tertiary/aromatic N) is 1. The lowest BCUT2D eigenvalue weighted by Crippen LogP contribution is -2.33. The number of ether oxygens (including phenoxy) is 1. The van der Waals surface area contributed by atoms with E-state index in [0.717, 1.165) is 29.7 Å². The lowest BCUT2D eigenvalue weighted by atomic mass is 9.84. The molecule has 7 heteroatoms. The highest BCUT2D eigenvalue weighted by Crippen LogP contribution is 2.38. The number of hydrogen-bond acceptors (Lipinski definition) is 4. The van der Waals surface area contributed by atoms with E-state index in [0.29, 0.717) is 17.5 Å². The molecule has 0 spiro atoms. The molecule has 0 aliphatic heterocycles. The summed E-state index contributed by atoms with van der Waals surface area (Å²) in [6.07, 6.45) is 9.51. The maximum atomic E-state index is 12.1. The number of hydrogen-bond donors (Lipinski definition) is 2. The molecule has 1 fully saturated rings. The molecule has 160 valence electrons. The van der Waals surface area contributed by atoms with Crippen LogP contribution in [0.2, 0.25) is 5.02 Å². The first-order valence-electron chi connectivity index (χ1n) is 10.5. The van der Waals surface area contributed by atoms with E-state index >= 15 is 0 Å². The first-order valence-corrected chi connectivity index (χ1v) is 10.8. The summed E-state index contributed by atoms with van der Waals surface area (Å²) in [5, 5.41) is 6.23. The summed E-state index contributed by atoms with van der Waals surface area (Å²) in [5.41, 5.74) is 2.07. The number of amides is 2. The molecule has 1 aliphatic carbocycles. The van der Waals surface area contributed by atoms with Gasteiger partial charge in [-0.15, -0.1) is 0 Å². The van der Waals surface area contributed by atoms with Crippen molar-refractivity contribution in [2.45, 2.75) is 51.0 Å². The molecule has 3 rings (SSSR count). The molecule has 0 atom stereocenters. The van der Waals surface area contributed by atoms with Crippen molar-refractivity contribution in [1.82, 2.24) is 15.6 Å². The molecule has 1 aliphatic rings. The summed E-state index contributed by atoms with van der Waals surface area (Å²) in [4.78, 5) is 28.0. The fourth-order valence-electron chi connectivity index (χ4n) is 3.68. The summed E-state index contributed by atoms with van der Waals surface area (Å²) >= 11 is 6.19. The smallest absolute Gasteiger partial charge is 0.257 e. The number of nitrogens with one attached hydrogen (secondary N) is 2. The van der Waals surface area contributed by atoms with Crippen molar-refractivity contribution in [3.63, 3.8) is 0 Å². The highest BCUT2D eigenvalue weighted by molar-refractivity contribution is 6.30. The average molecular weight is 430 g/mol. The van der Waals surface area contributed by atoms with Gasteiger partial charge >= 0.3 is 0 Å². The molecule has 0 saturated heterocycles. The molecular weight excluding hydrogens is 402 g/mol. The Bertz CT molecular complexity index is 839. The van der Waals surface area contributed by atoms with Gasteiger partial charge in [0.2, 0.25) is 5.91 Å². The molecule has 0 unspecified atom stereocenters. The molecule has 30 heavy (non-hydrogen) atoms. The monoisotopic (exact) mass is 429 g/mol. The van der Waals surface area contributed by atoms with E-state index in [1.54, 1.807) is 18.5 Å². The van der Waals surface area contributed by atoms with Crippen LogP contribution in [-0.2, 0) is 16.1 Å². The number of carbonyl (C=O) groups excluding carboxylic acids is 2. The number of aromatic nitrogens is 1. The predicted molar refractivity (Wildman–Crippen MR) is 116 cm³/mol. The van der Waals surface area contributed by atoms with E-state index in [1.165, 1.54) is 19.3 Å². The molecule has 2 aromatic rings. The van der Waals surface area contributed by atoms with E-state index in [9.17, 15) is 9.59 Å². The van der Waals surface area contributed by atoms with Gasteiger partial charge in [0.25, 0.3) is 5.91 Å². The van der Waals surface area contributed by atoms with Crippen molar-refractivity contribution in [2.75, 3.05) is 13.2 Å². The zero-order valence-electron chi connectivity index (χ0n) is 17.0. The Morgan fingerprint density at radius 3 is 2.57 bits per heavy atom. The first-order chi connectivity index (χ1) is 14.6. The van der Waals surface area contributed by atoms with Crippen molar-refractivity contribution < 1.29 is 14.3 Å². The minimum Gasteiger partial charge on any atom is -0.483 e. The molecule has 1 heterocycles. The van der Waals surface area contributed by atoms with Gasteiger partial charge in [-0.05, 0) is 60.2 Å². The third-order valence-electron chi connectivity index (χ3n) is 5.29. The molecule has 2 N–H and O–H groups in total. The van der Waals surface area contributed by atoms with E-state index in [-0.39, 0.29) is 31.4 Å². The lowest BCUT2D eigenvalue weighted by molar-refractivity contribution is -0.123. The predicted octanol–water partition coefficient (Wildman–Crippen LogP) is 3.98. The summed E-state index contributed by atoms with van der Waals surface area (Å²) in [7, 11) is 0. The number of pyridine rings is 1. The van der Waals surface area contributed by atoms with Crippen LogP contribution in [0.15, 0.2) is 42.7 Å². The van der Waals surface area contributed by atoms with Gasteiger partial charge < -0.3 is 15.4 Å². The Hall–Kier alpha value is -2.60. The molecule has 0 radical (unpaired) electrons. The SMILES string of the molecule is O=C(CCNC(=O)COc1ccc(Cl)cc1C1CCCCC1)NCc1ccncc1. The minimum absolute atomic E-state index is 0.0833. The maximum Gasteiger partial charge on any atom is 0.257 e. The normalized spacial score (nSPS) is 14.2. The van der Waals surface area contributed by atoms with Crippen LogP contribution in [0.4, 0.5) is 0 Å². The first kappa shape index (κ1) is 22.1. The number of rotatable bonds is 9. The van der Waals surface area contributed by atoms with Gasteiger partial charge in [-0.3, -0.25) is 14.6 Å². The van der Waals surface area contributed by atoms with Crippen LogP contribution in [0.5, 0.6) is 5.75 Å². The number of halogens is 1. The molecule has 1 aromatic heterocycles. The Labute approximate surface area is 182 Å².